The Bertz CT molecular complexity index is 600. The summed E-state index contributed by atoms with van der Waals surface area (Å²) in [5.74, 6) is -0.572. The van der Waals surface area contributed by atoms with Gasteiger partial charge in [-0.1, -0.05) is 11.6 Å². The van der Waals surface area contributed by atoms with Crippen LogP contribution in [0.2, 0.25) is 5.02 Å². The largest absolute Gasteiger partial charge is 0.380 e. The second kappa shape index (κ2) is 6.04. The Morgan fingerprint density at radius 3 is 2.89 bits per heavy atom. The van der Waals surface area contributed by atoms with Crippen LogP contribution in [0.1, 0.15) is 11.8 Å². The molecule has 0 spiro atoms. The lowest BCUT2D eigenvalue weighted by Gasteiger charge is -2.08. The van der Waals surface area contributed by atoms with Crippen LogP contribution < -0.4 is 10.6 Å². The summed E-state index contributed by atoms with van der Waals surface area (Å²) in [7, 11) is 0. The molecule has 19 heavy (non-hydrogen) atoms. The van der Waals surface area contributed by atoms with Gasteiger partial charge < -0.3 is 10.6 Å². The first-order valence-electron chi connectivity index (χ1n) is 5.59. The first kappa shape index (κ1) is 13.8. The Labute approximate surface area is 119 Å². The number of amides is 1. The zero-order valence-corrected chi connectivity index (χ0v) is 11.7. The average molecular weight is 299 g/mol. The van der Waals surface area contributed by atoms with Crippen molar-refractivity contribution in [3.8, 4) is 0 Å². The lowest BCUT2D eigenvalue weighted by Crippen LogP contribution is -2.08. The zero-order valence-electron chi connectivity index (χ0n) is 10.2. The lowest BCUT2D eigenvalue weighted by molar-refractivity contribution is -0.114. The maximum absolute atomic E-state index is 13.3. The van der Waals surface area contributed by atoms with E-state index in [2.05, 4.69) is 10.6 Å². The molecule has 1 aromatic carbocycles. The van der Waals surface area contributed by atoms with Crippen molar-refractivity contribution >= 4 is 40.2 Å². The van der Waals surface area contributed by atoms with Gasteiger partial charge >= 0.3 is 0 Å². The molecule has 1 aromatic heterocycles. The molecule has 0 aliphatic heterocycles. The molecular weight excluding hydrogens is 287 g/mol. The quantitative estimate of drug-likeness (QED) is 0.892. The molecule has 0 saturated carbocycles. The van der Waals surface area contributed by atoms with E-state index in [1.54, 1.807) is 6.07 Å². The van der Waals surface area contributed by atoms with Gasteiger partial charge in [-0.2, -0.15) is 0 Å². The fraction of sp³-hybridized carbons (Fsp3) is 0.154. The third-order valence-electron chi connectivity index (χ3n) is 2.43. The Balaban J connectivity index is 2.04. The van der Waals surface area contributed by atoms with Crippen LogP contribution in [-0.4, -0.2) is 5.91 Å². The summed E-state index contributed by atoms with van der Waals surface area (Å²) in [6, 6.07) is 6.39. The van der Waals surface area contributed by atoms with E-state index in [-0.39, 0.29) is 10.9 Å². The summed E-state index contributed by atoms with van der Waals surface area (Å²) >= 11 is 7.14. The van der Waals surface area contributed by atoms with E-state index in [4.69, 9.17) is 11.6 Å². The average Bonchev–Trinajstić information content (AvgIpc) is 2.77. The molecule has 6 heteroatoms. The number of hydrogen-bond donors (Lipinski definition) is 2. The van der Waals surface area contributed by atoms with Crippen LogP contribution in [0.25, 0.3) is 0 Å². The summed E-state index contributed by atoms with van der Waals surface area (Å²) in [5, 5.41) is 7.83. The van der Waals surface area contributed by atoms with Gasteiger partial charge in [-0.3, -0.25) is 4.79 Å². The molecule has 2 rings (SSSR count). The number of carbonyl (C=O) groups is 1. The van der Waals surface area contributed by atoms with Crippen LogP contribution in [0.5, 0.6) is 0 Å². The van der Waals surface area contributed by atoms with Crippen molar-refractivity contribution in [3.63, 3.8) is 0 Å². The Morgan fingerprint density at radius 1 is 1.42 bits per heavy atom. The maximum Gasteiger partial charge on any atom is 0.221 e. The predicted octanol–water partition coefficient (Wildman–Crippen LogP) is 4.11. The molecule has 100 valence electrons. The molecular formula is C13H12ClFN2OS. The SMILES string of the molecule is CC(=O)Nc1ccsc1CNc1ccc(Cl)c(F)c1. The van der Waals surface area contributed by atoms with Crippen LogP contribution in [0.3, 0.4) is 0 Å². The standard InChI is InChI=1S/C13H12ClFN2OS/c1-8(18)17-12-4-5-19-13(12)7-16-9-2-3-10(14)11(15)6-9/h2-6,16H,7H2,1H3,(H,17,18). The highest BCUT2D eigenvalue weighted by Gasteiger charge is 2.06. The molecule has 0 aliphatic rings. The van der Waals surface area contributed by atoms with Gasteiger partial charge in [0.2, 0.25) is 5.91 Å². The summed E-state index contributed by atoms with van der Waals surface area (Å²) < 4.78 is 13.3. The molecule has 0 unspecified atom stereocenters. The van der Waals surface area contributed by atoms with E-state index in [0.717, 1.165) is 10.6 Å². The van der Waals surface area contributed by atoms with Crippen molar-refractivity contribution in [2.75, 3.05) is 10.6 Å². The van der Waals surface area contributed by atoms with Gasteiger partial charge in [0.1, 0.15) is 5.82 Å². The van der Waals surface area contributed by atoms with Gasteiger partial charge in [-0.15, -0.1) is 11.3 Å². The Morgan fingerprint density at radius 2 is 2.21 bits per heavy atom. The van der Waals surface area contributed by atoms with Crippen molar-refractivity contribution in [2.45, 2.75) is 13.5 Å². The molecule has 0 aliphatic carbocycles. The van der Waals surface area contributed by atoms with Gasteiger partial charge in [0.15, 0.2) is 0 Å². The number of nitrogens with one attached hydrogen (secondary N) is 2. The highest BCUT2D eigenvalue weighted by atomic mass is 35.5. The fourth-order valence-electron chi connectivity index (χ4n) is 1.57. The van der Waals surface area contributed by atoms with Gasteiger partial charge in [-0.25, -0.2) is 4.39 Å². The maximum atomic E-state index is 13.3. The monoisotopic (exact) mass is 298 g/mol. The summed E-state index contributed by atoms with van der Waals surface area (Å²) in [6.07, 6.45) is 0. The Kier molecular flexibility index (Phi) is 4.39. The number of benzene rings is 1. The second-order valence-corrected chi connectivity index (χ2v) is 5.33. The highest BCUT2D eigenvalue weighted by molar-refractivity contribution is 7.10. The molecule has 2 N–H and O–H groups in total. The molecule has 0 fully saturated rings. The smallest absolute Gasteiger partial charge is 0.221 e. The lowest BCUT2D eigenvalue weighted by atomic mass is 10.3. The predicted molar refractivity (Wildman–Crippen MR) is 77.4 cm³/mol. The highest BCUT2D eigenvalue weighted by Crippen LogP contribution is 2.24. The van der Waals surface area contributed by atoms with Gasteiger partial charge in [0, 0.05) is 17.5 Å². The van der Waals surface area contributed by atoms with Crippen LogP contribution in [0.4, 0.5) is 15.8 Å². The minimum Gasteiger partial charge on any atom is -0.380 e. The molecule has 1 amide bonds. The minimum atomic E-state index is -0.458. The van der Waals surface area contributed by atoms with Crippen LogP contribution in [-0.2, 0) is 11.3 Å². The van der Waals surface area contributed by atoms with E-state index in [1.165, 1.54) is 30.4 Å². The Hall–Kier alpha value is -1.59. The van der Waals surface area contributed by atoms with E-state index in [0.29, 0.717) is 12.2 Å². The fourth-order valence-corrected chi connectivity index (χ4v) is 2.45. The first-order chi connectivity index (χ1) is 9.06. The van der Waals surface area contributed by atoms with Crippen LogP contribution in [0, 0.1) is 5.82 Å². The number of thiophene rings is 1. The normalized spacial score (nSPS) is 10.3. The molecule has 1 heterocycles. The van der Waals surface area contributed by atoms with Gasteiger partial charge in [0.05, 0.1) is 17.3 Å². The van der Waals surface area contributed by atoms with Gasteiger partial charge in [-0.05, 0) is 29.6 Å². The van der Waals surface area contributed by atoms with E-state index >= 15 is 0 Å². The molecule has 2 aromatic rings. The molecule has 3 nitrogen and oxygen atoms in total. The third kappa shape index (κ3) is 3.68. The van der Waals surface area contributed by atoms with Crippen LogP contribution >= 0.6 is 22.9 Å². The number of rotatable bonds is 4. The van der Waals surface area contributed by atoms with E-state index in [1.807, 2.05) is 11.4 Å². The topological polar surface area (TPSA) is 41.1 Å². The van der Waals surface area contributed by atoms with Crippen LogP contribution in [0.15, 0.2) is 29.6 Å². The van der Waals surface area contributed by atoms with Gasteiger partial charge in [0.25, 0.3) is 0 Å². The van der Waals surface area contributed by atoms with Crippen molar-refractivity contribution < 1.29 is 9.18 Å². The molecule has 0 bridgehead atoms. The summed E-state index contributed by atoms with van der Waals surface area (Å²) in [6.45, 7) is 1.97. The second-order valence-electron chi connectivity index (χ2n) is 3.92. The number of carbonyl (C=O) groups excluding carboxylic acids is 1. The molecule has 0 radical (unpaired) electrons. The van der Waals surface area contributed by atoms with E-state index in [9.17, 15) is 9.18 Å². The number of hydrogen-bond acceptors (Lipinski definition) is 3. The van der Waals surface area contributed by atoms with Crippen molar-refractivity contribution in [1.29, 1.82) is 0 Å². The first-order valence-corrected chi connectivity index (χ1v) is 6.85. The molecule has 0 atom stereocenters. The number of halogens is 2. The van der Waals surface area contributed by atoms with E-state index < -0.39 is 5.82 Å². The number of anilines is 2. The zero-order chi connectivity index (χ0) is 13.8. The minimum absolute atomic E-state index is 0.0978. The van der Waals surface area contributed by atoms with Crippen molar-refractivity contribution in [1.82, 2.24) is 0 Å². The van der Waals surface area contributed by atoms with Crippen molar-refractivity contribution in [2.24, 2.45) is 0 Å². The molecule has 0 saturated heterocycles. The van der Waals surface area contributed by atoms with Crippen molar-refractivity contribution in [3.05, 3.63) is 45.4 Å². The summed E-state index contributed by atoms with van der Waals surface area (Å²) in [5.41, 5.74) is 1.42. The summed E-state index contributed by atoms with van der Waals surface area (Å²) in [4.78, 5) is 12.0. The third-order valence-corrected chi connectivity index (χ3v) is 3.66.